The van der Waals surface area contributed by atoms with Gasteiger partial charge in [0.05, 0.1) is 12.0 Å². The summed E-state index contributed by atoms with van der Waals surface area (Å²) in [5, 5.41) is 2.77. The summed E-state index contributed by atoms with van der Waals surface area (Å²) in [7, 11) is 0. The third kappa shape index (κ3) is 4.17. The Kier molecular flexibility index (Phi) is 5.47. The molecule has 8 heteroatoms. The number of carbonyl (C=O) groups excluding carboxylic acids is 1. The Labute approximate surface area is 172 Å². The van der Waals surface area contributed by atoms with E-state index in [1.165, 1.54) is 29.1 Å². The van der Waals surface area contributed by atoms with Gasteiger partial charge in [0.2, 0.25) is 6.10 Å². The van der Waals surface area contributed by atoms with E-state index in [0.717, 1.165) is 0 Å². The fourth-order valence-corrected chi connectivity index (χ4v) is 3.18. The summed E-state index contributed by atoms with van der Waals surface area (Å²) in [6.45, 7) is 2.24. The number of para-hydroxylation sites is 2. The predicted octanol–water partition coefficient (Wildman–Crippen LogP) is 2.39. The smallest absolute Gasteiger partial charge is 0.265 e. The van der Waals surface area contributed by atoms with Gasteiger partial charge in [0, 0.05) is 24.7 Å². The molecule has 0 bridgehead atoms. The van der Waals surface area contributed by atoms with E-state index in [4.69, 9.17) is 9.47 Å². The number of fused-ring (bicyclic) bond motifs is 1. The van der Waals surface area contributed by atoms with Crippen LogP contribution in [-0.4, -0.2) is 34.2 Å². The number of carbonyl (C=O) groups is 1. The Balaban J connectivity index is 1.35. The molecule has 2 unspecified atom stereocenters. The molecule has 1 N–H and O–H groups in total. The van der Waals surface area contributed by atoms with Crippen molar-refractivity contribution in [2.75, 3.05) is 6.54 Å². The van der Waals surface area contributed by atoms with Gasteiger partial charge in [0.15, 0.2) is 11.5 Å². The molecule has 30 heavy (non-hydrogen) atoms. The second-order valence-electron chi connectivity index (χ2n) is 6.91. The summed E-state index contributed by atoms with van der Waals surface area (Å²) in [6.07, 6.45) is 0.182. The van der Waals surface area contributed by atoms with E-state index in [2.05, 4.69) is 10.3 Å². The van der Waals surface area contributed by atoms with Crippen molar-refractivity contribution >= 4 is 5.91 Å². The highest BCUT2D eigenvalue weighted by Gasteiger charge is 2.33. The number of hydrogen-bond acceptors (Lipinski definition) is 5. The fourth-order valence-electron chi connectivity index (χ4n) is 3.18. The number of ether oxygens (including phenoxy) is 2. The van der Waals surface area contributed by atoms with Crippen LogP contribution in [0.25, 0.3) is 11.3 Å². The van der Waals surface area contributed by atoms with Crippen molar-refractivity contribution in [1.82, 2.24) is 14.9 Å². The molecule has 7 nitrogen and oxygen atoms in total. The molecule has 1 aromatic heterocycles. The molecule has 1 aliphatic heterocycles. The first-order chi connectivity index (χ1) is 14.5. The van der Waals surface area contributed by atoms with Crippen molar-refractivity contribution in [3.05, 3.63) is 77.1 Å². The third-order valence-corrected chi connectivity index (χ3v) is 4.77. The molecule has 2 heterocycles. The van der Waals surface area contributed by atoms with E-state index in [1.54, 1.807) is 31.2 Å². The first-order valence-electron chi connectivity index (χ1n) is 9.54. The van der Waals surface area contributed by atoms with Crippen LogP contribution in [-0.2, 0) is 11.3 Å². The summed E-state index contributed by atoms with van der Waals surface area (Å²) in [6, 6.07) is 14.3. The third-order valence-electron chi connectivity index (χ3n) is 4.77. The molecule has 0 radical (unpaired) electrons. The molecule has 0 fully saturated rings. The molecule has 4 rings (SSSR count). The van der Waals surface area contributed by atoms with Crippen LogP contribution in [0.5, 0.6) is 11.5 Å². The second kappa shape index (κ2) is 8.36. The molecule has 0 aliphatic carbocycles. The highest BCUT2D eigenvalue weighted by Crippen LogP contribution is 2.33. The Morgan fingerprint density at radius 1 is 1.13 bits per heavy atom. The van der Waals surface area contributed by atoms with Gasteiger partial charge in [0.1, 0.15) is 11.9 Å². The first kappa shape index (κ1) is 19.6. The monoisotopic (exact) mass is 409 g/mol. The maximum Gasteiger partial charge on any atom is 0.265 e. The molecule has 0 spiro atoms. The molecule has 154 valence electrons. The Morgan fingerprint density at radius 2 is 1.83 bits per heavy atom. The van der Waals surface area contributed by atoms with Gasteiger partial charge in [-0.25, -0.2) is 9.37 Å². The molecular weight excluding hydrogens is 389 g/mol. The summed E-state index contributed by atoms with van der Waals surface area (Å²) >= 11 is 0. The van der Waals surface area contributed by atoms with Crippen LogP contribution in [0.1, 0.15) is 6.92 Å². The van der Waals surface area contributed by atoms with Crippen molar-refractivity contribution in [1.29, 1.82) is 0 Å². The largest absolute Gasteiger partial charge is 0.482 e. The average molecular weight is 409 g/mol. The Bertz CT molecular complexity index is 1110. The lowest BCUT2D eigenvalue weighted by molar-refractivity contribution is -0.133. The predicted molar refractivity (Wildman–Crippen MR) is 108 cm³/mol. The SMILES string of the molecule is CC1Oc2ccccc2OC1C(=O)NCCn1cnc(-c2ccc(F)cc2)cc1=O. The zero-order valence-electron chi connectivity index (χ0n) is 16.2. The fraction of sp³-hybridized carbons (Fsp3) is 0.227. The van der Waals surface area contributed by atoms with Gasteiger partial charge in [0.25, 0.3) is 11.5 Å². The molecule has 1 amide bonds. The highest BCUT2D eigenvalue weighted by molar-refractivity contribution is 5.82. The van der Waals surface area contributed by atoms with E-state index in [9.17, 15) is 14.0 Å². The number of benzene rings is 2. The Hall–Kier alpha value is -3.68. The molecule has 2 atom stereocenters. The van der Waals surface area contributed by atoms with E-state index in [1.807, 2.05) is 12.1 Å². The van der Waals surface area contributed by atoms with Gasteiger partial charge in [-0.2, -0.15) is 0 Å². The van der Waals surface area contributed by atoms with Crippen molar-refractivity contribution in [3.8, 4) is 22.8 Å². The topological polar surface area (TPSA) is 82.4 Å². The number of halogens is 1. The number of hydrogen-bond donors (Lipinski definition) is 1. The molecule has 1 aliphatic rings. The normalized spacial score (nSPS) is 17.4. The van der Waals surface area contributed by atoms with Crippen molar-refractivity contribution in [3.63, 3.8) is 0 Å². The molecular formula is C22H20FN3O4. The number of amides is 1. The number of nitrogens with zero attached hydrogens (tertiary/aromatic N) is 2. The molecule has 2 aromatic carbocycles. The summed E-state index contributed by atoms with van der Waals surface area (Å²) in [4.78, 5) is 29.1. The van der Waals surface area contributed by atoms with Gasteiger partial charge in [-0.1, -0.05) is 12.1 Å². The minimum Gasteiger partial charge on any atom is -0.482 e. The number of nitrogens with one attached hydrogen (secondary N) is 1. The highest BCUT2D eigenvalue weighted by atomic mass is 19.1. The quantitative estimate of drug-likeness (QED) is 0.700. The minimum absolute atomic E-state index is 0.227. The van der Waals surface area contributed by atoms with Crippen LogP contribution in [0, 0.1) is 5.82 Å². The van der Waals surface area contributed by atoms with Crippen LogP contribution in [0.4, 0.5) is 4.39 Å². The zero-order valence-corrected chi connectivity index (χ0v) is 16.2. The van der Waals surface area contributed by atoms with Crippen LogP contribution in [0.2, 0.25) is 0 Å². The minimum atomic E-state index is -0.782. The lowest BCUT2D eigenvalue weighted by atomic mass is 10.1. The van der Waals surface area contributed by atoms with Crippen molar-refractivity contribution < 1.29 is 18.7 Å². The van der Waals surface area contributed by atoms with Gasteiger partial charge in [-0.15, -0.1) is 0 Å². The average Bonchev–Trinajstić information content (AvgIpc) is 2.74. The standard InChI is InChI=1S/C22H20FN3O4/c1-14-21(30-19-5-3-2-4-18(19)29-14)22(28)24-10-11-26-13-25-17(12-20(26)27)15-6-8-16(23)9-7-15/h2-9,12-14,21H,10-11H2,1H3,(H,24,28). The Morgan fingerprint density at radius 3 is 2.53 bits per heavy atom. The van der Waals surface area contributed by atoms with Gasteiger partial charge >= 0.3 is 0 Å². The molecule has 0 saturated heterocycles. The lowest BCUT2D eigenvalue weighted by Crippen LogP contribution is -2.49. The maximum absolute atomic E-state index is 13.0. The van der Waals surface area contributed by atoms with Crippen LogP contribution in [0.15, 0.2) is 65.7 Å². The van der Waals surface area contributed by atoms with Gasteiger partial charge in [-0.3, -0.25) is 14.2 Å². The molecule has 0 saturated carbocycles. The second-order valence-corrected chi connectivity index (χ2v) is 6.91. The lowest BCUT2D eigenvalue weighted by Gasteiger charge is -2.31. The van der Waals surface area contributed by atoms with Crippen LogP contribution in [0.3, 0.4) is 0 Å². The maximum atomic E-state index is 13.0. The van der Waals surface area contributed by atoms with Gasteiger partial charge < -0.3 is 14.8 Å². The first-order valence-corrected chi connectivity index (χ1v) is 9.54. The van der Waals surface area contributed by atoms with Crippen LogP contribution < -0.4 is 20.3 Å². The van der Waals surface area contributed by atoms with Crippen LogP contribution >= 0.6 is 0 Å². The van der Waals surface area contributed by atoms with Gasteiger partial charge in [-0.05, 0) is 43.3 Å². The molecule has 3 aromatic rings. The summed E-state index contributed by atoms with van der Waals surface area (Å²) < 4.78 is 25.9. The zero-order chi connectivity index (χ0) is 21.1. The number of aromatic nitrogens is 2. The van der Waals surface area contributed by atoms with Crippen molar-refractivity contribution in [2.45, 2.75) is 25.7 Å². The van der Waals surface area contributed by atoms with E-state index in [0.29, 0.717) is 22.8 Å². The van der Waals surface area contributed by atoms with Crippen molar-refractivity contribution in [2.24, 2.45) is 0 Å². The summed E-state index contributed by atoms with van der Waals surface area (Å²) in [5.41, 5.74) is 0.844. The van der Waals surface area contributed by atoms with E-state index >= 15 is 0 Å². The van der Waals surface area contributed by atoms with E-state index < -0.39 is 12.2 Å². The van der Waals surface area contributed by atoms with E-state index in [-0.39, 0.29) is 30.4 Å². The number of rotatable bonds is 5. The summed E-state index contributed by atoms with van der Waals surface area (Å²) in [5.74, 6) is 0.453.